The van der Waals surface area contributed by atoms with Gasteiger partial charge in [0.25, 0.3) is 0 Å². The molecule has 1 atom stereocenters. The van der Waals surface area contributed by atoms with Crippen molar-refractivity contribution in [2.45, 2.75) is 19.0 Å². The lowest BCUT2D eigenvalue weighted by molar-refractivity contribution is -0.150. The lowest BCUT2D eigenvalue weighted by Gasteiger charge is -2.33. The molecule has 1 unspecified atom stereocenters. The Morgan fingerprint density at radius 3 is 3.10 bits per heavy atom. The molecule has 1 aromatic rings. The third kappa shape index (κ3) is 2.68. The van der Waals surface area contributed by atoms with Crippen LogP contribution in [0.25, 0.3) is 0 Å². The van der Waals surface area contributed by atoms with E-state index in [-0.39, 0.29) is 6.61 Å². The van der Waals surface area contributed by atoms with Crippen LogP contribution in [-0.4, -0.2) is 48.4 Å². The van der Waals surface area contributed by atoms with Crippen LogP contribution < -0.4 is 4.74 Å². The molecule has 2 aliphatic heterocycles. The first kappa shape index (κ1) is 13.9. The van der Waals surface area contributed by atoms with Crippen LogP contribution in [0.4, 0.5) is 0 Å². The molecule has 0 radical (unpaired) electrons. The number of aliphatic carboxylic acids is 1. The molecule has 0 spiro atoms. The predicted molar refractivity (Wildman–Crippen MR) is 76.0 cm³/mol. The normalized spacial score (nSPS) is 22.4. The quantitative estimate of drug-likeness (QED) is 0.906. The summed E-state index contributed by atoms with van der Waals surface area (Å²) in [7, 11) is 0. The SMILES string of the molecule is O=C(O)C1COCCN1Cc1cc(Br)cc2c1OCC2. The van der Waals surface area contributed by atoms with Gasteiger partial charge in [0.2, 0.25) is 0 Å². The van der Waals surface area contributed by atoms with Gasteiger partial charge in [-0.25, -0.2) is 0 Å². The van der Waals surface area contributed by atoms with Crippen LogP contribution in [0.5, 0.6) is 5.75 Å². The topological polar surface area (TPSA) is 59.0 Å². The molecule has 0 aliphatic carbocycles. The molecule has 1 N–H and O–H groups in total. The van der Waals surface area contributed by atoms with Gasteiger partial charge in [-0.05, 0) is 17.7 Å². The number of nitrogens with zero attached hydrogens (tertiary/aromatic N) is 1. The van der Waals surface area contributed by atoms with Gasteiger partial charge in [0.05, 0.1) is 19.8 Å². The Bertz CT molecular complexity index is 534. The number of ether oxygens (including phenoxy) is 2. The van der Waals surface area contributed by atoms with Gasteiger partial charge in [-0.2, -0.15) is 0 Å². The second-order valence-corrected chi connectivity index (χ2v) is 5.97. The van der Waals surface area contributed by atoms with Crippen molar-refractivity contribution in [2.75, 3.05) is 26.4 Å². The maximum Gasteiger partial charge on any atom is 0.323 e. The number of carbonyl (C=O) groups is 1. The summed E-state index contributed by atoms with van der Waals surface area (Å²) in [6.45, 7) is 2.71. The minimum atomic E-state index is -0.836. The van der Waals surface area contributed by atoms with Crippen LogP contribution in [0.15, 0.2) is 16.6 Å². The number of hydrogen-bond donors (Lipinski definition) is 1. The molecule has 0 amide bonds. The highest BCUT2D eigenvalue weighted by Gasteiger charge is 2.30. The zero-order chi connectivity index (χ0) is 14.1. The molecule has 2 aliphatic rings. The lowest BCUT2D eigenvalue weighted by atomic mass is 10.1. The summed E-state index contributed by atoms with van der Waals surface area (Å²) in [5.41, 5.74) is 2.23. The lowest BCUT2D eigenvalue weighted by Crippen LogP contribution is -2.49. The molecule has 5 nitrogen and oxygen atoms in total. The summed E-state index contributed by atoms with van der Waals surface area (Å²) in [5.74, 6) is 0.0843. The third-order valence-electron chi connectivity index (χ3n) is 3.72. The first-order chi connectivity index (χ1) is 9.65. The molecule has 1 fully saturated rings. The fraction of sp³-hybridized carbons (Fsp3) is 0.500. The second kappa shape index (κ2) is 5.71. The number of benzene rings is 1. The number of fused-ring (bicyclic) bond motifs is 1. The smallest absolute Gasteiger partial charge is 0.323 e. The van der Waals surface area contributed by atoms with E-state index in [0.717, 1.165) is 22.2 Å². The zero-order valence-electron chi connectivity index (χ0n) is 11.0. The average molecular weight is 342 g/mol. The van der Waals surface area contributed by atoms with Gasteiger partial charge in [0.1, 0.15) is 11.8 Å². The molecule has 108 valence electrons. The molecular formula is C14H16BrNO4. The van der Waals surface area contributed by atoms with Crippen LogP contribution in [0.2, 0.25) is 0 Å². The van der Waals surface area contributed by atoms with E-state index in [2.05, 4.69) is 22.0 Å². The van der Waals surface area contributed by atoms with Crippen molar-refractivity contribution in [1.82, 2.24) is 4.90 Å². The maximum absolute atomic E-state index is 11.3. The second-order valence-electron chi connectivity index (χ2n) is 5.05. The summed E-state index contributed by atoms with van der Waals surface area (Å²) in [4.78, 5) is 13.2. The van der Waals surface area contributed by atoms with Crippen molar-refractivity contribution < 1.29 is 19.4 Å². The number of carboxylic acid groups (broad SMARTS) is 1. The van der Waals surface area contributed by atoms with Crippen molar-refractivity contribution >= 4 is 21.9 Å². The Morgan fingerprint density at radius 1 is 1.45 bits per heavy atom. The van der Waals surface area contributed by atoms with Gasteiger partial charge in [-0.1, -0.05) is 15.9 Å². The molecule has 0 bridgehead atoms. The van der Waals surface area contributed by atoms with Crippen molar-refractivity contribution in [3.63, 3.8) is 0 Å². The first-order valence-electron chi connectivity index (χ1n) is 6.64. The molecule has 20 heavy (non-hydrogen) atoms. The van der Waals surface area contributed by atoms with Crippen LogP contribution in [0.3, 0.4) is 0 Å². The minimum absolute atomic E-state index is 0.242. The monoisotopic (exact) mass is 341 g/mol. The van der Waals surface area contributed by atoms with Crippen LogP contribution >= 0.6 is 15.9 Å². The minimum Gasteiger partial charge on any atom is -0.493 e. The highest BCUT2D eigenvalue weighted by atomic mass is 79.9. The Hall–Kier alpha value is -1.11. The van der Waals surface area contributed by atoms with E-state index in [1.807, 2.05) is 11.0 Å². The number of carboxylic acids is 1. The van der Waals surface area contributed by atoms with Crippen LogP contribution in [0.1, 0.15) is 11.1 Å². The van der Waals surface area contributed by atoms with E-state index in [1.54, 1.807) is 0 Å². The standard InChI is InChI=1S/C14H16BrNO4/c15-11-5-9-1-3-20-13(9)10(6-11)7-16-2-4-19-8-12(16)14(17)18/h5-6,12H,1-4,7-8H2,(H,17,18). The van der Waals surface area contributed by atoms with E-state index in [9.17, 15) is 9.90 Å². The molecular weight excluding hydrogens is 326 g/mol. The fourth-order valence-electron chi connectivity index (χ4n) is 2.74. The molecule has 3 rings (SSSR count). The van der Waals surface area contributed by atoms with Crippen molar-refractivity contribution in [1.29, 1.82) is 0 Å². The first-order valence-corrected chi connectivity index (χ1v) is 7.43. The van der Waals surface area contributed by atoms with E-state index in [0.29, 0.717) is 26.3 Å². The number of halogens is 1. The molecule has 6 heteroatoms. The third-order valence-corrected chi connectivity index (χ3v) is 4.18. The van der Waals surface area contributed by atoms with Gasteiger partial charge >= 0.3 is 5.97 Å². The molecule has 0 aromatic heterocycles. The molecule has 1 saturated heterocycles. The largest absolute Gasteiger partial charge is 0.493 e. The summed E-state index contributed by atoms with van der Waals surface area (Å²) in [6, 6.07) is 3.50. The van der Waals surface area contributed by atoms with E-state index >= 15 is 0 Å². The van der Waals surface area contributed by atoms with Crippen LogP contribution in [0, 0.1) is 0 Å². The predicted octanol–water partition coefficient (Wildman–Crippen LogP) is 1.67. The van der Waals surface area contributed by atoms with Gasteiger partial charge in [-0.15, -0.1) is 0 Å². The number of morpholine rings is 1. The van der Waals surface area contributed by atoms with Crippen LogP contribution in [-0.2, 0) is 22.5 Å². The molecule has 2 heterocycles. The molecule has 0 saturated carbocycles. The highest BCUT2D eigenvalue weighted by molar-refractivity contribution is 9.10. The number of rotatable bonds is 3. The summed E-state index contributed by atoms with van der Waals surface area (Å²) >= 11 is 3.51. The van der Waals surface area contributed by atoms with Gasteiger partial charge < -0.3 is 14.6 Å². The Kier molecular flexibility index (Phi) is 3.96. The Morgan fingerprint density at radius 2 is 2.30 bits per heavy atom. The Balaban J connectivity index is 1.85. The van der Waals surface area contributed by atoms with Gasteiger partial charge in [-0.3, -0.25) is 9.69 Å². The maximum atomic E-state index is 11.3. The van der Waals surface area contributed by atoms with Crippen molar-refractivity contribution in [3.05, 3.63) is 27.7 Å². The fourth-order valence-corrected chi connectivity index (χ4v) is 3.29. The van der Waals surface area contributed by atoms with Crippen molar-refractivity contribution in [2.24, 2.45) is 0 Å². The number of hydrogen-bond acceptors (Lipinski definition) is 4. The van der Waals surface area contributed by atoms with Gasteiger partial charge in [0, 0.05) is 29.5 Å². The van der Waals surface area contributed by atoms with E-state index < -0.39 is 12.0 Å². The zero-order valence-corrected chi connectivity index (χ0v) is 12.6. The van der Waals surface area contributed by atoms with E-state index in [4.69, 9.17) is 9.47 Å². The van der Waals surface area contributed by atoms with E-state index in [1.165, 1.54) is 5.56 Å². The molecule has 1 aromatic carbocycles. The highest BCUT2D eigenvalue weighted by Crippen LogP contribution is 2.34. The average Bonchev–Trinajstić information content (AvgIpc) is 2.87. The van der Waals surface area contributed by atoms with Crippen molar-refractivity contribution in [3.8, 4) is 5.75 Å². The summed E-state index contributed by atoms with van der Waals surface area (Å²) < 4.78 is 12.0. The summed E-state index contributed by atoms with van der Waals surface area (Å²) in [5, 5.41) is 9.27. The summed E-state index contributed by atoms with van der Waals surface area (Å²) in [6.07, 6.45) is 0.910. The van der Waals surface area contributed by atoms with Gasteiger partial charge in [0.15, 0.2) is 0 Å². The Labute approximate surface area is 125 Å².